The minimum atomic E-state index is -3.26. The van der Waals surface area contributed by atoms with Gasteiger partial charge in [-0.3, -0.25) is 0 Å². The molecular weight excluding hydrogens is 216 g/mol. The average molecular weight is 230 g/mol. The molecule has 0 bridgehead atoms. The highest BCUT2D eigenvalue weighted by Gasteiger charge is 2.27. The van der Waals surface area contributed by atoms with Crippen molar-refractivity contribution in [3.63, 3.8) is 0 Å². The molecule has 0 spiro atoms. The largest absolute Gasteiger partial charge is 0.408 e. The summed E-state index contributed by atoms with van der Waals surface area (Å²) in [6.07, 6.45) is 0. The van der Waals surface area contributed by atoms with E-state index < -0.39 is 8.56 Å². The summed E-state index contributed by atoms with van der Waals surface area (Å²) >= 11 is 0. The average Bonchev–Trinajstić information content (AvgIpc) is 2.29. The zero-order chi connectivity index (χ0) is 11.6. The molecule has 0 fully saturated rings. The first kappa shape index (κ1) is 11.1. The molecule has 0 saturated heterocycles. The van der Waals surface area contributed by atoms with Gasteiger partial charge in [-0.05, 0) is 17.7 Å². The van der Waals surface area contributed by atoms with Crippen molar-refractivity contribution < 1.29 is 9.59 Å². The Hall–Kier alpha value is -1.42. The molecule has 2 nitrogen and oxygen atoms in total. The summed E-state index contributed by atoms with van der Waals surface area (Å²) in [6, 6.07) is 17.2. The fourth-order valence-corrected chi connectivity index (χ4v) is 2.92. The second kappa shape index (κ2) is 4.21. The molecule has 0 aliphatic carbocycles. The molecule has 16 heavy (non-hydrogen) atoms. The van der Waals surface area contributed by atoms with Gasteiger partial charge < -0.3 is 9.59 Å². The van der Waals surface area contributed by atoms with Gasteiger partial charge >= 0.3 is 8.56 Å². The second-order valence-corrected chi connectivity index (χ2v) is 6.51. The number of hydrogen-bond donors (Lipinski definition) is 2. The Kier molecular flexibility index (Phi) is 2.92. The lowest BCUT2D eigenvalue weighted by molar-refractivity contribution is 0.392. The molecule has 0 heterocycles. The summed E-state index contributed by atoms with van der Waals surface area (Å²) < 4.78 is 0. The fraction of sp³-hybridized carbons (Fsp3) is 0.0769. The normalized spacial score (nSPS) is 11.4. The molecule has 2 N–H and O–H groups in total. The van der Waals surface area contributed by atoms with Crippen molar-refractivity contribution in [2.75, 3.05) is 0 Å². The van der Waals surface area contributed by atoms with Gasteiger partial charge in [0.2, 0.25) is 0 Å². The van der Waals surface area contributed by atoms with Crippen molar-refractivity contribution in [3.8, 4) is 11.1 Å². The first-order chi connectivity index (χ1) is 7.59. The van der Waals surface area contributed by atoms with Crippen molar-refractivity contribution in [2.45, 2.75) is 6.55 Å². The molecule has 0 aromatic heterocycles. The minimum Gasteiger partial charge on any atom is -0.408 e. The Balaban J connectivity index is 2.58. The van der Waals surface area contributed by atoms with Crippen molar-refractivity contribution in [1.82, 2.24) is 0 Å². The highest BCUT2D eigenvalue weighted by atomic mass is 28.4. The molecule has 0 radical (unpaired) electrons. The van der Waals surface area contributed by atoms with Crippen LogP contribution in [-0.4, -0.2) is 18.2 Å². The van der Waals surface area contributed by atoms with Crippen LogP contribution in [0.4, 0.5) is 0 Å². The van der Waals surface area contributed by atoms with Gasteiger partial charge in [0.1, 0.15) is 0 Å². The molecule has 2 aromatic rings. The van der Waals surface area contributed by atoms with Crippen LogP contribution in [0.1, 0.15) is 0 Å². The van der Waals surface area contributed by atoms with E-state index in [2.05, 4.69) is 0 Å². The third-order valence-corrected chi connectivity index (χ3v) is 3.98. The monoisotopic (exact) mass is 230 g/mol. The van der Waals surface area contributed by atoms with E-state index in [1.807, 2.05) is 48.5 Å². The highest BCUT2D eigenvalue weighted by molar-refractivity contribution is 6.78. The Labute approximate surface area is 96.1 Å². The second-order valence-electron chi connectivity index (χ2n) is 3.93. The van der Waals surface area contributed by atoms with Gasteiger partial charge in [-0.1, -0.05) is 54.6 Å². The summed E-state index contributed by atoms with van der Waals surface area (Å²) in [7, 11) is -3.26. The van der Waals surface area contributed by atoms with Crippen LogP contribution in [0.5, 0.6) is 0 Å². The summed E-state index contributed by atoms with van der Waals surface area (Å²) in [6.45, 7) is 1.51. The lowest BCUT2D eigenvalue weighted by Gasteiger charge is -2.17. The van der Waals surface area contributed by atoms with E-state index in [0.717, 1.165) is 11.1 Å². The molecule has 2 aromatic carbocycles. The third kappa shape index (κ3) is 2.22. The smallest absolute Gasteiger partial charge is 0.364 e. The highest BCUT2D eigenvalue weighted by Crippen LogP contribution is 2.18. The predicted molar refractivity (Wildman–Crippen MR) is 67.6 cm³/mol. The van der Waals surface area contributed by atoms with E-state index >= 15 is 0 Å². The molecule has 0 amide bonds. The lowest BCUT2D eigenvalue weighted by atomic mass is 10.1. The molecule has 0 aliphatic heterocycles. The van der Waals surface area contributed by atoms with Gasteiger partial charge in [0.15, 0.2) is 0 Å². The Morgan fingerprint density at radius 2 is 1.38 bits per heavy atom. The molecule has 2 rings (SSSR count). The maximum Gasteiger partial charge on any atom is 0.364 e. The van der Waals surface area contributed by atoms with Crippen LogP contribution in [0.3, 0.4) is 0 Å². The number of benzene rings is 2. The molecular formula is C13H14O2Si. The van der Waals surface area contributed by atoms with E-state index in [0.29, 0.717) is 5.19 Å². The maximum absolute atomic E-state index is 9.83. The SMILES string of the molecule is C[Si](O)(O)c1ccccc1-c1ccccc1. The quantitative estimate of drug-likeness (QED) is 0.770. The molecule has 0 unspecified atom stereocenters. The van der Waals surface area contributed by atoms with Crippen LogP contribution in [0.25, 0.3) is 11.1 Å². The summed E-state index contributed by atoms with van der Waals surface area (Å²) in [5, 5.41) is 0.654. The van der Waals surface area contributed by atoms with E-state index in [4.69, 9.17) is 0 Å². The maximum atomic E-state index is 9.83. The van der Waals surface area contributed by atoms with E-state index in [1.54, 1.807) is 6.07 Å². The van der Waals surface area contributed by atoms with Crippen molar-refractivity contribution in [2.24, 2.45) is 0 Å². The molecule has 3 heteroatoms. The molecule has 82 valence electrons. The van der Waals surface area contributed by atoms with Crippen molar-refractivity contribution >= 4 is 13.7 Å². The summed E-state index contributed by atoms with van der Waals surface area (Å²) in [4.78, 5) is 19.7. The topological polar surface area (TPSA) is 40.5 Å². The van der Waals surface area contributed by atoms with Crippen LogP contribution < -0.4 is 5.19 Å². The van der Waals surface area contributed by atoms with E-state index in [-0.39, 0.29) is 0 Å². The van der Waals surface area contributed by atoms with Gasteiger partial charge in [-0.25, -0.2) is 0 Å². The zero-order valence-corrected chi connectivity index (χ0v) is 10.1. The summed E-state index contributed by atoms with van der Waals surface area (Å²) in [5.41, 5.74) is 1.92. The third-order valence-electron chi connectivity index (χ3n) is 2.52. The first-order valence-corrected chi connectivity index (χ1v) is 7.58. The van der Waals surface area contributed by atoms with Crippen LogP contribution in [0.2, 0.25) is 6.55 Å². The number of rotatable bonds is 2. The Bertz CT molecular complexity index is 475. The molecule has 0 aliphatic rings. The van der Waals surface area contributed by atoms with Crippen molar-refractivity contribution in [3.05, 3.63) is 54.6 Å². The molecule has 0 atom stereocenters. The Morgan fingerprint density at radius 3 is 2.00 bits per heavy atom. The fourth-order valence-electron chi connectivity index (χ4n) is 1.77. The molecule has 0 saturated carbocycles. The minimum absolute atomic E-state index is 0.654. The van der Waals surface area contributed by atoms with Gasteiger partial charge in [0, 0.05) is 5.19 Å². The van der Waals surface area contributed by atoms with E-state index in [9.17, 15) is 9.59 Å². The first-order valence-electron chi connectivity index (χ1n) is 5.19. The van der Waals surface area contributed by atoms with Crippen LogP contribution in [0, 0.1) is 0 Å². The van der Waals surface area contributed by atoms with Gasteiger partial charge in [-0.2, -0.15) is 0 Å². The van der Waals surface area contributed by atoms with Crippen LogP contribution in [0.15, 0.2) is 54.6 Å². The van der Waals surface area contributed by atoms with E-state index in [1.165, 1.54) is 6.55 Å². The summed E-state index contributed by atoms with van der Waals surface area (Å²) in [5.74, 6) is 0. The standard InChI is InChI=1S/C13H14O2Si/c1-16(14,15)13-10-6-5-9-12(13)11-7-3-2-4-8-11/h2-10,14-15H,1H3. The van der Waals surface area contributed by atoms with Crippen LogP contribution >= 0.6 is 0 Å². The van der Waals surface area contributed by atoms with Gasteiger partial charge in [-0.15, -0.1) is 0 Å². The van der Waals surface area contributed by atoms with Crippen molar-refractivity contribution in [1.29, 1.82) is 0 Å². The van der Waals surface area contributed by atoms with Crippen LogP contribution in [-0.2, 0) is 0 Å². The Morgan fingerprint density at radius 1 is 0.812 bits per heavy atom. The number of hydrogen-bond acceptors (Lipinski definition) is 2. The zero-order valence-electron chi connectivity index (χ0n) is 9.09. The van der Waals surface area contributed by atoms with Gasteiger partial charge in [0.05, 0.1) is 0 Å². The van der Waals surface area contributed by atoms with Gasteiger partial charge in [0.25, 0.3) is 0 Å². The predicted octanol–water partition coefficient (Wildman–Crippen LogP) is 1.62. The lowest BCUT2D eigenvalue weighted by Crippen LogP contribution is -2.46.